The van der Waals surface area contributed by atoms with Crippen LogP contribution in [-0.2, 0) is 16.4 Å². The van der Waals surface area contributed by atoms with Crippen LogP contribution in [0, 0.1) is 11.3 Å². The summed E-state index contributed by atoms with van der Waals surface area (Å²) < 4.78 is 37.7. The predicted molar refractivity (Wildman–Crippen MR) is 89.6 cm³/mol. The molecule has 24 heavy (non-hydrogen) atoms. The number of para-hydroxylation sites is 1. The van der Waals surface area contributed by atoms with Gasteiger partial charge in [-0.1, -0.05) is 18.2 Å². The number of benzene rings is 2. The third-order valence-electron chi connectivity index (χ3n) is 3.44. The predicted octanol–water partition coefficient (Wildman–Crippen LogP) is 2.10. The highest BCUT2D eigenvalue weighted by atomic mass is 32.2. The molecule has 0 aliphatic heterocycles. The number of methoxy groups -OCH3 is 2. The highest BCUT2D eigenvalue weighted by molar-refractivity contribution is 7.89. The van der Waals surface area contributed by atoms with Crippen LogP contribution in [0.1, 0.15) is 11.1 Å². The van der Waals surface area contributed by atoms with Gasteiger partial charge < -0.3 is 9.47 Å². The summed E-state index contributed by atoms with van der Waals surface area (Å²) in [4.78, 5) is 0.0687. The maximum Gasteiger partial charge on any atom is 0.240 e. The van der Waals surface area contributed by atoms with Crippen LogP contribution < -0.4 is 14.2 Å². The molecule has 2 aromatic carbocycles. The number of nitrogens with one attached hydrogen (secondary N) is 1. The molecule has 2 aromatic rings. The molecule has 0 saturated heterocycles. The molecule has 0 radical (unpaired) electrons. The average molecular weight is 346 g/mol. The van der Waals surface area contributed by atoms with Gasteiger partial charge in [-0.05, 0) is 36.2 Å². The molecule has 0 heterocycles. The summed E-state index contributed by atoms with van der Waals surface area (Å²) in [7, 11) is -0.583. The largest absolute Gasteiger partial charge is 0.493 e. The first-order valence-corrected chi connectivity index (χ1v) is 8.70. The number of nitrogens with zero attached hydrogens (tertiary/aromatic N) is 1. The van der Waals surface area contributed by atoms with Crippen molar-refractivity contribution in [3.8, 4) is 17.6 Å². The van der Waals surface area contributed by atoms with E-state index in [1.165, 1.54) is 18.2 Å². The highest BCUT2D eigenvalue weighted by Crippen LogP contribution is 2.30. The molecule has 0 bridgehead atoms. The minimum absolute atomic E-state index is 0.0687. The minimum atomic E-state index is -3.67. The molecule has 6 nitrogen and oxygen atoms in total. The van der Waals surface area contributed by atoms with Crippen molar-refractivity contribution in [3.63, 3.8) is 0 Å². The molecule has 0 amide bonds. The van der Waals surface area contributed by atoms with Crippen molar-refractivity contribution in [2.45, 2.75) is 11.3 Å². The van der Waals surface area contributed by atoms with E-state index in [1.807, 2.05) is 18.2 Å². The zero-order chi connectivity index (χ0) is 17.6. The van der Waals surface area contributed by atoms with Crippen LogP contribution >= 0.6 is 0 Å². The van der Waals surface area contributed by atoms with Crippen molar-refractivity contribution < 1.29 is 17.9 Å². The van der Waals surface area contributed by atoms with Crippen LogP contribution in [0.25, 0.3) is 0 Å². The Bertz CT molecular complexity index is 857. The molecule has 2 rings (SSSR count). The van der Waals surface area contributed by atoms with Gasteiger partial charge in [-0.25, -0.2) is 13.1 Å². The fourth-order valence-electron chi connectivity index (χ4n) is 2.29. The Morgan fingerprint density at radius 1 is 1.12 bits per heavy atom. The average Bonchev–Trinajstić information content (AvgIpc) is 2.61. The van der Waals surface area contributed by atoms with Crippen LogP contribution in [0.4, 0.5) is 0 Å². The molecule has 0 unspecified atom stereocenters. The number of sulfonamides is 1. The summed E-state index contributed by atoms with van der Waals surface area (Å²) in [6.07, 6.45) is 0.442. The maximum atomic E-state index is 12.3. The van der Waals surface area contributed by atoms with Crippen molar-refractivity contribution in [1.82, 2.24) is 4.72 Å². The molecule has 0 aromatic heterocycles. The lowest BCUT2D eigenvalue weighted by molar-refractivity contribution is 0.351. The lowest BCUT2D eigenvalue weighted by Gasteiger charge is -2.13. The monoisotopic (exact) mass is 346 g/mol. The normalized spacial score (nSPS) is 10.9. The maximum absolute atomic E-state index is 12.3. The first-order chi connectivity index (χ1) is 11.5. The minimum Gasteiger partial charge on any atom is -0.493 e. The van der Waals surface area contributed by atoms with Gasteiger partial charge in [0, 0.05) is 6.54 Å². The van der Waals surface area contributed by atoms with E-state index in [1.54, 1.807) is 26.4 Å². The zero-order valence-electron chi connectivity index (χ0n) is 13.4. The SMILES string of the molecule is COc1cccc(CCNS(=O)(=O)c2cccc(C#N)c2)c1OC. The molecule has 0 atom stereocenters. The number of nitriles is 1. The summed E-state index contributed by atoms with van der Waals surface area (Å²) in [5.41, 5.74) is 1.14. The van der Waals surface area contributed by atoms with Gasteiger partial charge in [0.15, 0.2) is 11.5 Å². The lowest BCUT2D eigenvalue weighted by atomic mass is 10.1. The first-order valence-electron chi connectivity index (χ1n) is 7.21. The summed E-state index contributed by atoms with van der Waals surface area (Å²) in [6, 6.07) is 13.3. The Morgan fingerprint density at radius 3 is 2.54 bits per heavy atom. The van der Waals surface area contributed by atoms with E-state index < -0.39 is 10.0 Å². The van der Waals surface area contributed by atoms with E-state index in [2.05, 4.69) is 4.72 Å². The van der Waals surface area contributed by atoms with E-state index in [0.717, 1.165) is 5.56 Å². The Labute approximate surface area is 141 Å². The van der Waals surface area contributed by atoms with Gasteiger partial charge in [-0.2, -0.15) is 5.26 Å². The molecule has 0 spiro atoms. The van der Waals surface area contributed by atoms with E-state index in [0.29, 0.717) is 23.5 Å². The summed E-state index contributed by atoms with van der Waals surface area (Å²) >= 11 is 0. The summed E-state index contributed by atoms with van der Waals surface area (Å²) in [5.74, 6) is 1.19. The Balaban J connectivity index is 2.10. The Kier molecular flexibility index (Phi) is 5.79. The number of hydrogen-bond acceptors (Lipinski definition) is 5. The second-order valence-corrected chi connectivity index (χ2v) is 6.71. The van der Waals surface area contributed by atoms with Gasteiger partial charge in [0.2, 0.25) is 10.0 Å². The van der Waals surface area contributed by atoms with Crippen molar-refractivity contribution in [2.24, 2.45) is 0 Å². The summed E-state index contributed by atoms with van der Waals surface area (Å²) in [5, 5.41) is 8.87. The lowest BCUT2D eigenvalue weighted by Crippen LogP contribution is -2.26. The smallest absolute Gasteiger partial charge is 0.240 e. The molecular weight excluding hydrogens is 328 g/mol. The summed E-state index contributed by atoms with van der Waals surface area (Å²) in [6.45, 7) is 0.197. The van der Waals surface area contributed by atoms with Crippen molar-refractivity contribution in [3.05, 3.63) is 53.6 Å². The van der Waals surface area contributed by atoms with Crippen LogP contribution in [0.5, 0.6) is 11.5 Å². The van der Waals surface area contributed by atoms with Crippen molar-refractivity contribution >= 4 is 10.0 Å². The molecular formula is C17H18N2O4S. The third-order valence-corrected chi connectivity index (χ3v) is 4.90. The second kappa shape index (κ2) is 7.81. The van der Waals surface area contributed by atoms with Crippen molar-refractivity contribution in [1.29, 1.82) is 5.26 Å². The molecule has 0 aliphatic rings. The van der Waals surface area contributed by atoms with Gasteiger partial charge in [0.1, 0.15) is 0 Å². The second-order valence-electron chi connectivity index (χ2n) is 4.94. The quantitative estimate of drug-likeness (QED) is 0.829. The Hall–Kier alpha value is -2.56. The topological polar surface area (TPSA) is 88.4 Å². The molecule has 0 fully saturated rings. The van der Waals surface area contributed by atoms with E-state index in [9.17, 15) is 8.42 Å². The van der Waals surface area contributed by atoms with Crippen molar-refractivity contribution in [2.75, 3.05) is 20.8 Å². The van der Waals surface area contributed by atoms with E-state index in [4.69, 9.17) is 14.7 Å². The standard InChI is InChI=1S/C17H18N2O4S/c1-22-16-8-4-6-14(17(16)23-2)9-10-19-24(20,21)15-7-3-5-13(11-15)12-18/h3-8,11,19H,9-10H2,1-2H3. The van der Waals surface area contributed by atoms with Gasteiger partial charge in [0.25, 0.3) is 0 Å². The Morgan fingerprint density at radius 2 is 1.88 bits per heavy atom. The number of rotatable bonds is 7. The fraction of sp³-hybridized carbons (Fsp3) is 0.235. The van der Waals surface area contributed by atoms with Crippen LogP contribution in [0.3, 0.4) is 0 Å². The number of ether oxygens (including phenoxy) is 2. The van der Waals surface area contributed by atoms with Gasteiger partial charge >= 0.3 is 0 Å². The fourth-order valence-corrected chi connectivity index (χ4v) is 3.36. The molecule has 0 saturated carbocycles. The zero-order valence-corrected chi connectivity index (χ0v) is 14.3. The molecule has 126 valence electrons. The van der Waals surface area contributed by atoms with Gasteiger partial charge in [0.05, 0.1) is 30.7 Å². The number of hydrogen-bond donors (Lipinski definition) is 1. The van der Waals surface area contributed by atoms with Gasteiger partial charge in [-0.15, -0.1) is 0 Å². The highest BCUT2D eigenvalue weighted by Gasteiger charge is 2.15. The molecule has 7 heteroatoms. The molecule has 0 aliphatic carbocycles. The van der Waals surface area contributed by atoms with E-state index >= 15 is 0 Å². The van der Waals surface area contributed by atoms with Crippen LogP contribution in [0.2, 0.25) is 0 Å². The van der Waals surface area contributed by atoms with Crippen LogP contribution in [-0.4, -0.2) is 29.2 Å². The third kappa shape index (κ3) is 4.04. The van der Waals surface area contributed by atoms with Crippen LogP contribution in [0.15, 0.2) is 47.4 Å². The van der Waals surface area contributed by atoms with E-state index in [-0.39, 0.29) is 11.4 Å². The molecule has 1 N–H and O–H groups in total. The first kappa shape index (κ1) is 17.8. The van der Waals surface area contributed by atoms with Gasteiger partial charge in [-0.3, -0.25) is 0 Å².